The first-order valence-corrected chi connectivity index (χ1v) is 10.7. The lowest BCUT2D eigenvalue weighted by Gasteiger charge is -2.38. The summed E-state index contributed by atoms with van der Waals surface area (Å²) in [4.78, 5) is 21.9. The Bertz CT molecular complexity index is 581. The summed E-state index contributed by atoms with van der Waals surface area (Å²) in [6.45, 7) is 8.33. The number of amides is 1. The summed E-state index contributed by atoms with van der Waals surface area (Å²) < 4.78 is 0. The molecule has 0 saturated carbocycles. The lowest BCUT2D eigenvalue weighted by atomic mass is 10.0. The third-order valence-corrected chi connectivity index (χ3v) is 6.18. The molecule has 1 aromatic rings. The van der Waals surface area contributed by atoms with E-state index < -0.39 is 0 Å². The van der Waals surface area contributed by atoms with Gasteiger partial charge < -0.3 is 14.9 Å². The molecule has 2 heterocycles. The largest absolute Gasteiger partial charge is 0.396 e. The summed E-state index contributed by atoms with van der Waals surface area (Å²) in [6, 6.07) is 11.1. The van der Waals surface area contributed by atoms with Crippen LogP contribution in [0.4, 0.5) is 0 Å². The molecule has 28 heavy (non-hydrogen) atoms. The van der Waals surface area contributed by atoms with Gasteiger partial charge in [-0.2, -0.15) is 0 Å². The second-order valence-electron chi connectivity index (χ2n) is 8.21. The Morgan fingerprint density at radius 1 is 1.04 bits per heavy atom. The van der Waals surface area contributed by atoms with Crippen LogP contribution in [0.1, 0.15) is 24.8 Å². The fourth-order valence-corrected chi connectivity index (χ4v) is 4.31. The number of aliphatic hydroxyl groups excluding tert-OH is 1. The first-order valence-electron chi connectivity index (χ1n) is 10.7. The van der Waals surface area contributed by atoms with Gasteiger partial charge in [0.25, 0.3) is 0 Å². The van der Waals surface area contributed by atoms with E-state index in [1.807, 2.05) is 4.90 Å². The van der Waals surface area contributed by atoms with Gasteiger partial charge in [-0.3, -0.25) is 14.6 Å². The zero-order valence-corrected chi connectivity index (χ0v) is 17.3. The topological polar surface area (TPSA) is 50.3 Å². The number of aliphatic hydroxyl groups is 1. The Morgan fingerprint density at radius 3 is 2.36 bits per heavy atom. The zero-order chi connectivity index (χ0) is 19.8. The van der Waals surface area contributed by atoms with E-state index in [0.717, 1.165) is 71.6 Å². The first kappa shape index (κ1) is 21.2. The highest BCUT2D eigenvalue weighted by Crippen LogP contribution is 2.16. The number of nitrogens with zero attached hydrogens (tertiary/aromatic N) is 4. The van der Waals surface area contributed by atoms with Gasteiger partial charge >= 0.3 is 0 Å². The molecule has 0 aromatic heterocycles. The van der Waals surface area contributed by atoms with E-state index in [9.17, 15) is 4.79 Å². The van der Waals surface area contributed by atoms with Crippen LogP contribution in [0.25, 0.3) is 0 Å². The normalized spacial score (nSPS) is 20.0. The van der Waals surface area contributed by atoms with Crippen LogP contribution in [-0.2, 0) is 11.3 Å². The molecule has 0 atom stereocenters. The van der Waals surface area contributed by atoms with Gasteiger partial charge in [-0.15, -0.1) is 0 Å². The number of piperidine rings is 1. The fourth-order valence-electron chi connectivity index (χ4n) is 4.31. The third-order valence-electron chi connectivity index (χ3n) is 6.18. The highest BCUT2D eigenvalue weighted by molar-refractivity contribution is 5.78. The number of carbonyl (C=O) groups excluding carboxylic acids is 1. The molecule has 1 aromatic carbocycles. The van der Waals surface area contributed by atoms with Crippen molar-refractivity contribution >= 4 is 5.91 Å². The average molecular weight is 389 g/mol. The number of hydrogen-bond acceptors (Lipinski definition) is 5. The Morgan fingerprint density at radius 2 is 1.71 bits per heavy atom. The van der Waals surface area contributed by atoms with Crippen LogP contribution in [0.3, 0.4) is 0 Å². The molecule has 6 nitrogen and oxygen atoms in total. The zero-order valence-electron chi connectivity index (χ0n) is 17.3. The minimum Gasteiger partial charge on any atom is -0.396 e. The van der Waals surface area contributed by atoms with Gasteiger partial charge in [0, 0.05) is 65.0 Å². The predicted molar refractivity (Wildman–Crippen MR) is 112 cm³/mol. The molecular formula is C22H36N4O2. The molecule has 2 saturated heterocycles. The average Bonchev–Trinajstić information content (AvgIpc) is 2.74. The molecule has 3 rings (SSSR count). The summed E-state index contributed by atoms with van der Waals surface area (Å²) >= 11 is 0. The van der Waals surface area contributed by atoms with Crippen LogP contribution in [-0.4, -0.2) is 103 Å². The van der Waals surface area contributed by atoms with Gasteiger partial charge in [0.2, 0.25) is 5.91 Å². The Balaban J connectivity index is 1.35. The van der Waals surface area contributed by atoms with E-state index in [0.29, 0.717) is 12.6 Å². The van der Waals surface area contributed by atoms with Crippen LogP contribution in [0, 0.1) is 0 Å². The van der Waals surface area contributed by atoms with Crippen LogP contribution >= 0.6 is 0 Å². The first-order chi connectivity index (χ1) is 13.7. The van der Waals surface area contributed by atoms with Crippen LogP contribution in [0.2, 0.25) is 0 Å². The van der Waals surface area contributed by atoms with Crippen LogP contribution in [0.15, 0.2) is 30.3 Å². The van der Waals surface area contributed by atoms with E-state index in [4.69, 9.17) is 5.11 Å². The smallest absolute Gasteiger partial charge is 0.236 e. The predicted octanol–water partition coefficient (Wildman–Crippen LogP) is 1.11. The van der Waals surface area contributed by atoms with Crippen LogP contribution in [0.5, 0.6) is 0 Å². The van der Waals surface area contributed by atoms with Gasteiger partial charge in [0.05, 0.1) is 6.54 Å². The molecule has 156 valence electrons. The molecule has 2 aliphatic rings. The van der Waals surface area contributed by atoms with Crippen molar-refractivity contribution in [1.29, 1.82) is 0 Å². The quantitative estimate of drug-likeness (QED) is 0.723. The minimum absolute atomic E-state index is 0.260. The van der Waals surface area contributed by atoms with E-state index in [-0.39, 0.29) is 12.5 Å². The van der Waals surface area contributed by atoms with Crippen molar-refractivity contribution in [3.05, 3.63) is 35.9 Å². The van der Waals surface area contributed by atoms with Crippen molar-refractivity contribution in [2.45, 2.75) is 31.8 Å². The lowest BCUT2D eigenvalue weighted by molar-refractivity contribution is -0.134. The molecule has 0 radical (unpaired) electrons. The number of carbonyl (C=O) groups is 1. The summed E-state index contributed by atoms with van der Waals surface area (Å²) in [5.41, 5.74) is 1.34. The van der Waals surface area contributed by atoms with Gasteiger partial charge in [0.1, 0.15) is 0 Å². The molecule has 6 heteroatoms. The van der Waals surface area contributed by atoms with E-state index in [1.54, 1.807) is 0 Å². The third kappa shape index (κ3) is 6.27. The maximum atomic E-state index is 12.7. The second kappa shape index (κ2) is 10.9. The number of rotatable bonds is 8. The molecule has 0 spiro atoms. The van der Waals surface area contributed by atoms with E-state index in [2.05, 4.69) is 52.1 Å². The second-order valence-corrected chi connectivity index (χ2v) is 8.21. The van der Waals surface area contributed by atoms with Gasteiger partial charge in [-0.05, 0) is 31.9 Å². The van der Waals surface area contributed by atoms with Crippen molar-refractivity contribution in [3.63, 3.8) is 0 Å². The van der Waals surface area contributed by atoms with Crippen molar-refractivity contribution < 1.29 is 9.90 Å². The Hall–Kier alpha value is -1.47. The highest BCUT2D eigenvalue weighted by Gasteiger charge is 2.26. The Kier molecular flexibility index (Phi) is 8.27. The lowest BCUT2D eigenvalue weighted by Crippen LogP contribution is -2.52. The molecule has 1 amide bonds. The van der Waals surface area contributed by atoms with Crippen molar-refractivity contribution in [1.82, 2.24) is 19.6 Å². The van der Waals surface area contributed by atoms with Gasteiger partial charge in [-0.1, -0.05) is 30.3 Å². The molecule has 0 aliphatic carbocycles. The summed E-state index contributed by atoms with van der Waals surface area (Å²) in [6.07, 6.45) is 3.06. The summed E-state index contributed by atoms with van der Waals surface area (Å²) in [5.74, 6) is 0.284. The number of hydrogen-bond donors (Lipinski definition) is 1. The van der Waals surface area contributed by atoms with Crippen LogP contribution < -0.4 is 0 Å². The number of benzene rings is 1. The number of likely N-dealkylation sites (tertiary alicyclic amines) is 1. The number of piperazine rings is 1. The molecule has 0 unspecified atom stereocenters. The van der Waals surface area contributed by atoms with E-state index >= 15 is 0 Å². The van der Waals surface area contributed by atoms with Gasteiger partial charge in [0.15, 0.2) is 0 Å². The molecule has 0 bridgehead atoms. The van der Waals surface area contributed by atoms with Crippen molar-refractivity contribution in [2.75, 3.05) is 66.0 Å². The summed E-state index contributed by atoms with van der Waals surface area (Å²) in [5, 5.41) is 8.99. The highest BCUT2D eigenvalue weighted by atomic mass is 16.3. The Labute approximate surface area is 169 Å². The standard InChI is InChI=1S/C22H36N4O2/c1-23(10-5-17-27)21-8-11-24(12-9-21)19-22(28)26-15-13-25(14-16-26)18-20-6-3-2-4-7-20/h2-4,6-7,21,27H,5,8-19H2,1H3. The molecule has 2 aliphatic heterocycles. The minimum atomic E-state index is 0.260. The van der Waals surface area contributed by atoms with E-state index in [1.165, 1.54) is 5.56 Å². The maximum Gasteiger partial charge on any atom is 0.236 e. The van der Waals surface area contributed by atoms with Crippen molar-refractivity contribution in [3.8, 4) is 0 Å². The molecular weight excluding hydrogens is 352 g/mol. The fraction of sp³-hybridized carbons (Fsp3) is 0.682. The molecule has 1 N–H and O–H groups in total. The van der Waals surface area contributed by atoms with Crippen molar-refractivity contribution in [2.24, 2.45) is 0 Å². The SMILES string of the molecule is CN(CCCO)C1CCN(CC(=O)N2CCN(Cc3ccccc3)CC2)CC1. The molecule has 2 fully saturated rings. The maximum absolute atomic E-state index is 12.7. The monoisotopic (exact) mass is 388 g/mol. The van der Waals surface area contributed by atoms with Gasteiger partial charge in [-0.25, -0.2) is 0 Å². The summed E-state index contributed by atoms with van der Waals surface area (Å²) in [7, 11) is 2.15.